The number of carboxylic acid groups (broad SMARTS) is 1. The molecular weight excluding hydrogens is 292 g/mol. The molecule has 114 valence electrons. The lowest BCUT2D eigenvalue weighted by Crippen LogP contribution is -2.50. The van der Waals surface area contributed by atoms with Crippen molar-refractivity contribution in [2.75, 3.05) is 6.54 Å². The van der Waals surface area contributed by atoms with Crippen LogP contribution in [0.15, 0.2) is 24.3 Å². The fourth-order valence-corrected chi connectivity index (χ4v) is 2.53. The summed E-state index contributed by atoms with van der Waals surface area (Å²) in [7, 11) is 0. The Bertz CT molecular complexity index is 526. The van der Waals surface area contributed by atoms with E-state index in [0.717, 1.165) is 12.0 Å². The number of hydrogen-bond donors (Lipinski definition) is 3. The van der Waals surface area contributed by atoms with Gasteiger partial charge in [-0.2, -0.15) is 0 Å². The van der Waals surface area contributed by atoms with E-state index in [4.69, 9.17) is 11.6 Å². The van der Waals surface area contributed by atoms with Crippen molar-refractivity contribution >= 4 is 23.6 Å². The van der Waals surface area contributed by atoms with E-state index >= 15 is 0 Å². The van der Waals surface area contributed by atoms with Crippen molar-refractivity contribution in [3.63, 3.8) is 0 Å². The topological polar surface area (TPSA) is 78.4 Å². The van der Waals surface area contributed by atoms with Crippen molar-refractivity contribution in [2.24, 2.45) is 5.41 Å². The summed E-state index contributed by atoms with van der Waals surface area (Å²) in [5.41, 5.74) is 0.159. The number of aliphatic carboxylic acids is 1. The molecule has 1 aromatic rings. The minimum absolute atomic E-state index is 0.168. The first-order valence-corrected chi connectivity index (χ1v) is 7.34. The standard InChI is InChI=1S/C15H19ClN2O3/c1-10(11-3-5-12(16)6-4-11)18-14(21)17-9-15(13(19)20)7-2-8-15/h3-6,10H,2,7-9H2,1H3,(H,19,20)(H2,17,18,21). The molecule has 0 aliphatic heterocycles. The first-order valence-electron chi connectivity index (χ1n) is 6.96. The molecule has 0 aromatic heterocycles. The molecule has 1 aromatic carbocycles. The minimum Gasteiger partial charge on any atom is -0.481 e. The Hall–Kier alpha value is -1.75. The van der Waals surface area contributed by atoms with Crippen LogP contribution in [0.2, 0.25) is 5.02 Å². The average Bonchev–Trinajstić information content (AvgIpc) is 2.37. The number of hydrogen-bond acceptors (Lipinski definition) is 2. The number of carbonyl (C=O) groups excluding carboxylic acids is 1. The number of carbonyl (C=O) groups is 2. The van der Waals surface area contributed by atoms with Crippen molar-refractivity contribution in [3.8, 4) is 0 Å². The van der Waals surface area contributed by atoms with Crippen molar-refractivity contribution in [1.29, 1.82) is 0 Å². The maximum Gasteiger partial charge on any atom is 0.315 e. The molecule has 1 aliphatic carbocycles. The molecule has 1 saturated carbocycles. The summed E-state index contributed by atoms with van der Waals surface area (Å²) in [5.74, 6) is -0.834. The van der Waals surface area contributed by atoms with Gasteiger partial charge in [-0.15, -0.1) is 0 Å². The van der Waals surface area contributed by atoms with Gasteiger partial charge in [-0.25, -0.2) is 4.79 Å². The number of halogens is 1. The number of nitrogens with one attached hydrogen (secondary N) is 2. The van der Waals surface area contributed by atoms with Crippen molar-refractivity contribution < 1.29 is 14.7 Å². The number of carboxylic acids is 1. The second-order valence-corrected chi connectivity index (χ2v) is 5.98. The molecule has 3 N–H and O–H groups in total. The highest BCUT2D eigenvalue weighted by Crippen LogP contribution is 2.40. The molecule has 1 fully saturated rings. The Balaban J connectivity index is 1.84. The Morgan fingerprint density at radius 3 is 2.43 bits per heavy atom. The Morgan fingerprint density at radius 1 is 1.33 bits per heavy atom. The number of amides is 2. The third-order valence-electron chi connectivity index (χ3n) is 4.07. The highest BCUT2D eigenvalue weighted by molar-refractivity contribution is 6.30. The monoisotopic (exact) mass is 310 g/mol. The van der Waals surface area contributed by atoms with Crippen LogP contribution in [-0.2, 0) is 4.79 Å². The van der Waals surface area contributed by atoms with Gasteiger partial charge < -0.3 is 15.7 Å². The van der Waals surface area contributed by atoms with E-state index in [1.165, 1.54) is 0 Å². The summed E-state index contributed by atoms with van der Waals surface area (Å²) in [6.45, 7) is 2.03. The van der Waals surface area contributed by atoms with E-state index in [9.17, 15) is 14.7 Å². The van der Waals surface area contributed by atoms with Gasteiger partial charge in [0.25, 0.3) is 0 Å². The van der Waals surface area contributed by atoms with Crippen LogP contribution < -0.4 is 10.6 Å². The molecule has 0 spiro atoms. The highest BCUT2D eigenvalue weighted by atomic mass is 35.5. The van der Waals surface area contributed by atoms with Crippen LogP contribution in [0.3, 0.4) is 0 Å². The van der Waals surface area contributed by atoms with Gasteiger partial charge in [0.05, 0.1) is 11.5 Å². The van der Waals surface area contributed by atoms with Crippen LogP contribution >= 0.6 is 11.6 Å². The fraction of sp³-hybridized carbons (Fsp3) is 0.467. The van der Waals surface area contributed by atoms with Gasteiger partial charge in [-0.05, 0) is 37.5 Å². The largest absolute Gasteiger partial charge is 0.481 e. The zero-order valence-electron chi connectivity index (χ0n) is 11.9. The molecule has 1 aliphatic rings. The summed E-state index contributed by atoms with van der Waals surface area (Å²) in [6, 6.07) is 6.69. The van der Waals surface area contributed by atoms with Crippen LogP contribution in [0, 0.1) is 5.41 Å². The molecule has 0 bridgehead atoms. The molecule has 1 unspecified atom stereocenters. The van der Waals surface area contributed by atoms with E-state index in [1.807, 2.05) is 19.1 Å². The smallest absolute Gasteiger partial charge is 0.315 e. The first-order chi connectivity index (χ1) is 9.93. The summed E-state index contributed by atoms with van der Waals surface area (Å²) in [6.07, 6.45) is 2.14. The molecule has 0 heterocycles. The maximum absolute atomic E-state index is 11.9. The van der Waals surface area contributed by atoms with Crippen molar-refractivity contribution in [2.45, 2.75) is 32.2 Å². The summed E-state index contributed by atoms with van der Waals surface area (Å²) >= 11 is 5.82. The normalized spacial score (nSPS) is 17.4. The summed E-state index contributed by atoms with van der Waals surface area (Å²) in [5, 5.41) is 15.3. The molecule has 0 radical (unpaired) electrons. The average molecular weight is 311 g/mol. The van der Waals surface area contributed by atoms with Gasteiger partial charge in [-0.1, -0.05) is 30.2 Å². The summed E-state index contributed by atoms with van der Waals surface area (Å²) in [4.78, 5) is 23.1. The Labute approximate surface area is 128 Å². The Kier molecular flexibility index (Phi) is 4.73. The van der Waals surface area contributed by atoms with Crippen LogP contribution in [0.4, 0.5) is 4.79 Å². The lowest BCUT2D eigenvalue weighted by molar-refractivity contribution is -0.153. The van der Waals surface area contributed by atoms with Gasteiger partial charge in [0.1, 0.15) is 0 Å². The molecule has 2 rings (SSSR count). The summed E-state index contributed by atoms with van der Waals surface area (Å²) < 4.78 is 0. The molecule has 0 saturated heterocycles. The van der Waals surface area contributed by atoms with E-state index in [0.29, 0.717) is 17.9 Å². The van der Waals surface area contributed by atoms with Gasteiger partial charge in [0, 0.05) is 11.6 Å². The molecule has 5 nitrogen and oxygen atoms in total. The van der Waals surface area contributed by atoms with E-state index < -0.39 is 11.4 Å². The van der Waals surface area contributed by atoms with Crippen LogP contribution in [0.1, 0.15) is 37.8 Å². The third-order valence-corrected chi connectivity index (χ3v) is 4.32. The minimum atomic E-state index is -0.834. The second-order valence-electron chi connectivity index (χ2n) is 5.54. The van der Waals surface area contributed by atoms with Crippen molar-refractivity contribution in [1.82, 2.24) is 10.6 Å². The van der Waals surface area contributed by atoms with Crippen molar-refractivity contribution in [3.05, 3.63) is 34.9 Å². The molecule has 2 amide bonds. The molecule has 6 heteroatoms. The zero-order chi connectivity index (χ0) is 15.5. The first kappa shape index (κ1) is 15.6. The number of urea groups is 1. The lowest BCUT2D eigenvalue weighted by Gasteiger charge is -2.37. The van der Waals surface area contributed by atoms with E-state index in [-0.39, 0.29) is 18.6 Å². The Morgan fingerprint density at radius 2 is 1.95 bits per heavy atom. The van der Waals surface area contributed by atoms with Gasteiger partial charge >= 0.3 is 12.0 Å². The van der Waals surface area contributed by atoms with Gasteiger partial charge in [0.15, 0.2) is 0 Å². The molecule has 1 atom stereocenters. The predicted molar refractivity (Wildman–Crippen MR) is 80.3 cm³/mol. The molecule has 21 heavy (non-hydrogen) atoms. The van der Waals surface area contributed by atoms with Crippen LogP contribution in [-0.4, -0.2) is 23.7 Å². The van der Waals surface area contributed by atoms with Crippen LogP contribution in [0.5, 0.6) is 0 Å². The molecular formula is C15H19ClN2O3. The van der Waals surface area contributed by atoms with E-state index in [2.05, 4.69) is 10.6 Å². The lowest BCUT2D eigenvalue weighted by atomic mass is 9.69. The van der Waals surface area contributed by atoms with Gasteiger partial charge in [-0.3, -0.25) is 4.79 Å². The third kappa shape index (κ3) is 3.67. The number of benzene rings is 1. The predicted octanol–water partition coefficient (Wildman–Crippen LogP) is 2.96. The SMILES string of the molecule is CC(NC(=O)NCC1(C(=O)O)CCC1)c1ccc(Cl)cc1. The number of rotatable bonds is 5. The second kappa shape index (κ2) is 6.35. The van der Waals surface area contributed by atoms with E-state index in [1.54, 1.807) is 12.1 Å². The van der Waals surface area contributed by atoms with Gasteiger partial charge in [0.2, 0.25) is 0 Å². The maximum atomic E-state index is 11.9. The highest BCUT2D eigenvalue weighted by Gasteiger charge is 2.44. The quantitative estimate of drug-likeness (QED) is 0.782. The zero-order valence-corrected chi connectivity index (χ0v) is 12.6. The fourth-order valence-electron chi connectivity index (χ4n) is 2.40. The van der Waals surface area contributed by atoms with Crippen LogP contribution in [0.25, 0.3) is 0 Å².